The SMILES string of the molecule is CS(=O)(=O)Cc1cnn(N)c1. The zero-order valence-electron chi connectivity index (χ0n) is 6.06. The number of hydrogen-bond donors (Lipinski definition) is 1. The topological polar surface area (TPSA) is 78.0 Å². The summed E-state index contributed by atoms with van der Waals surface area (Å²) in [5.74, 6) is 5.20. The molecule has 0 aromatic carbocycles. The highest BCUT2D eigenvalue weighted by Crippen LogP contribution is 2.00. The molecule has 1 aromatic heterocycles. The van der Waals surface area contributed by atoms with E-state index in [1.807, 2.05) is 0 Å². The Bertz CT molecular complexity index is 340. The van der Waals surface area contributed by atoms with Gasteiger partial charge in [-0.3, -0.25) is 0 Å². The molecule has 5 nitrogen and oxygen atoms in total. The zero-order valence-corrected chi connectivity index (χ0v) is 6.87. The zero-order chi connectivity index (χ0) is 8.48. The van der Waals surface area contributed by atoms with Gasteiger partial charge in [0.1, 0.15) is 0 Å². The molecule has 0 saturated carbocycles. The van der Waals surface area contributed by atoms with E-state index in [1.54, 1.807) is 0 Å². The summed E-state index contributed by atoms with van der Waals surface area (Å²) in [6.45, 7) is 0. The molecular weight excluding hydrogens is 166 g/mol. The molecule has 0 bridgehead atoms. The quantitative estimate of drug-likeness (QED) is 0.593. The Balaban J connectivity index is 2.81. The first kappa shape index (κ1) is 8.06. The summed E-state index contributed by atoms with van der Waals surface area (Å²) >= 11 is 0. The van der Waals surface area contributed by atoms with Gasteiger partial charge in [0.05, 0.1) is 18.1 Å². The molecule has 1 rings (SSSR count). The Labute approximate surface area is 64.7 Å². The molecule has 62 valence electrons. The van der Waals surface area contributed by atoms with Crippen LogP contribution in [0.5, 0.6) is 0 Å². The van der Waals surface area contributed by atoms with Crippen LogP contribution in [-0.2, 0) is 15.6 Å². The first-order chi connectivity index (χ1) is 4.97. The molecule has 6 heteroatoms. The van der Waals surface area contributed by atoms with Crippen LogP contribution < -0.4 is 5.84 Å². The van der Waals surface area contributed by atoms with Crippen LogP contribution in [-0.4, -0.2) is 24.6 Å². The third-order valence-corrected chi connectivity index (χ3v) is 1.94. The smallest absolute Gasteiger partial charge is 0.151 e. The molecule has 0 radical (unpaired) electrons. The van der Waals surface area contributed by atoms with Crippen molar-refractivity contribution in [1.29, 1.82) is 0 Å². The van der Waals surface area contributed by atoms with Gasteiger partial charge in [-0.05, 0) is 0 Å². The molecule has 1 aromatic rings. The summed E-state index contributed by atoms with van der Waals surface area (Å²) in [4.78, 5) is 1.08. The summed E-state index contributed by atoms with van der Waals surface area (Å²) in [7, 11) is -2.97. The standard InChI is InChI=1S/C5H9N3O2S/c1-11(9,10)4-5-2-7-8(6)3-5/h2-3H,4,6H2,1H3. The molecule has 0 unspecified atom stereocenters. The van der Waals surface area contributed by atoms with E-state index in [2.05, 4.69) is 5.10 Å². The van der Waals surface area contributed by atoms with Gasteiger partial charge in [-0.1, -0.05) is 0 Å². The molecule has 1 heterocycles. The van der Waals surface area contributed by atoms with E-state index in [9.17, 15) is 8.42 Å². The summed E-state index contributed by atoms with van der Waals surface area (Å²) in [6.07, 6.45) is 4.07. The minimum Gasteiger partial charge on any atom is -0.323 e. The number of aromatic nitrogens is 2. The lowest BCUT2D eigenvalue weighted by Crippen LogP contribution is -2.07. The lowest BCUT2D eigenvalue weighted by Gasteiger charge is -1.90. The van der Waals surface area contributed by atoms with E-state index in [0.29, 0.717) is 5.56 Å². The van der Waals surface area contributed by atoms with Crippen molar-refractivity contribution < 1.29 is 8.42 Å². The molecule has 0 aliphatic carbocycles. The van der Waals surface area contributed by atoms with Gasteiger partial charge in [0.25, 0.3) is 0 Å². The van der Waals surface area contributed by atoms with Crippen molar-refractivity contribution in [3.63, 3.8) is 0 Å². The molecule has 0 fully saturated rings. The number of sulfone groups is 1. The Hall–Kier alpha value is -1.04. The maximum atomic E-state index is 10.7. The van der Waals surface area contributed by atoms with Crippen molar-refractivity contribution in [3.8, 4) is 0 Å². The third kappa shape index (κ3) is 2.58. The summed E-state index contributed by atoms with van der Waals surface area (Å²) in [5.41, 5.74) is 0.606. The van der Waals surface area contributed by atoms with Crippen molar-refractivity contribution in [2.45, 2.75) is 5.75 Å². The van der Waals surface area contributed by atoms with E-state index >= 15 is 0 Å². The number of hydrogen-bond acceptors (Lipinski definition) is 4. The minimum atomic E-state index is -2.97. The second kappa shape index (κ2) is 2.54. The lowest BCUT2D eigenvalue weighted by atomic mass is 10.4. The predicted octanol–water partition coefficient (Wildman–Crippen LogP) is -0.858. The maximum Gasteiger partial charge on any atom is 0.151 e. The largest absolute Gasteiger partial charge is 0.323 e. The molecule has 2 N–H and O–H groups in total. The van der Waals surface area contributed by atoms with Crippen LogP contribution >= 0.6 is 0 Å². The van der Waals surface area contributed by atoms with Gasteiger partial charge >= 0.3 is 0 Å². The van der Waals surface area contributed by atoms with Gasteiger partial charge in [-0.15, -0.1) is 0 Å². The van der Waals surface area contributed by atoms with Crippen LogP contribution in [0.3, 0.4) is 0 Å². The van der Waals surface area contributed by atoms with Crippen LogP contribution in [0.4, 0.5) is 0 Å². The van der Waals surface area contributed by atoms with E-state index in [1.165, 1.54) is 18.6 Å². The van der Waals surface area contributed by atoms with Crippen LogP contribution in [0.1, 0.15) is 5.56 Å². The average molecular weight is 175 g/mol. The molecular formula is C5H9N3O2S. The van der Waals surface area contributed by atoms with Crippen molar-refractivity contribution in [2.75, 3.05) is 12.1 Å². The maximum absolute atomic E-state index is 10.7. The molecule has 0 saturated heterocycles. The molecule has 0 spiro atoms. The van der Waals surface area contributed by atoms with Gasteiger partial charge < -0.3 is 5.84 Å². The fourth-order valence-corrected chi connectivity index (χ4v) is 1.51. The summed E-state index contributed by atoms with van der Waals surface area (Å²) < 4.78 is 21.5. The van der Waals surface area contributed by atoms with Crippen molar-refractivity contribution in [2.24, 2.45) is 0 Å². The molecule has 11 heavy (non-hydrogen) atoms. The van der Waals surface area contributed by atoms with Crippen molar-refractivity contribution in [3.05, 3.63) is 18.0 Å². The van der Waals surface area contributed by atoms with Gasteiger partial charge in [-0.25, -0.2) is 8.42 Å². The molecule has 0 atom stereocenters. The Morgan fingerprint density at radius 2 is 2.36 bits per heavy atom. The van der Waals surface area contributed by atoms with E-state index in [4.69, 9.17) is 5.84 Å². The Morgan fingerprint density at radius 3 is 2.73 bits per heavy atom. The predicted molar refractivity (Wildman–Crippen MR) is 40.9 cm³/mol. The number of nitrogens with two attached hydrogens (primary N) is 1. The van der Waals surface area contributed by atoms with Crippen LogP contribution in [0, 0.1) is 0 Å². The van der Waals surface area contributed by atoms with E-state index in [0.717, 1.165) is 4.79 Å². The van der Waals surface area contributed by atoms with Gasteiger partial charge in [0.2, 0.25) is 0 Å². The Morgan fingerprint density at radius 1 is 1.73 bits per heavy atom. The minimum absolute atomic E-state index is 0.00972. The van der Waals surface area contributed by atoms with E-state index in [-0.39, 0.29) is 5.75 Å². The highest BCUT2D eigenvalue weighted by Gasteiger charge is 2.05. The van der Waals surface area contributed by atoms with Crippen LogP contribution in [0.25, 0.3) is 0 Å². The number of rotatable bonds is 2. The summed E-state index contributed by atoms with van der Waals surface area (Å²) in [5, 5.41) is 3.63. The second-order valence-corrected chi connectivity index (χ2v) is 4.54. The lowest BCUT2D eigenvalue weighted by molar-refractivity contribution is 0.601. The normalized spacial score (nSPS) is 11.7. The van der Waals surface area contributed by atoms with Gasteiger partial charge in [-0.2, -0.15) is 9.89 Å². The third-order valence-electron chi connectivity index (χ3n) is 1.08. The molecule has 0 amide bonds. The number of nitrogens with zero attached hydrogens (tertiary/aromatic N) is 2. The van der Waals surface area contributed by atoms with Gasteiger partial charge in [0.15, 0.2) is 9.84 Å². The van der Waals surface area contributed by atoms with Crippen LogP contribution in [0.15, 0.2) is 12.4 Å². The fourth-order valence-electron chi connectivity index (χ4n) is 0.755. The number of nitrogen functional groups attached to an aromatic ring is 1. The van der Waals surface area contributed by atoms with Crippen molar-refractivity contribution >= 4 is 9.84 Å². The highest BCUT2D eigenvalue weighted by molar-refractivity contribution is 7.89. The fraction of sp³-hybridized carbons (Fsp3) is 0.400. The summed E-state index contributed by atoms with van der Waals surface area (Å²) in [6, 6.07) is 0. The second-order valence-electron chi connectivity index (χ2n) is 2.40. The van der Waals surface area contributed by atoms with Crippen molar-refractivity contribution in [1.82, 2.24) is 9.89 Å². The average Bonchev–Trinajstić information content (AvgIpc) is 2.10. The Kier molecular flexibility index (Phi) is 1.86. The first-order valence-electron chi connectivity index (χ1n) is 2.94. The monoisotopic (exact) mass is 175 g/mol. The molecule has 0 aliphatic rings. The van der Waals surface area contributed by atoms with E-state index < -0.39 is 9.84 Å². The van der Waals surface area contributed by atoms with Crippen LogP contribution in [0.2, 0.25) is 0 Å². The highest BCUT2D eigenvalue weighted by atomic mass is 32.2. The van der Waals surface area contributed by atoms with Gasteiger partial charge in [0, 0.05) is 11.8 Å². The molecule has 0 aliphatic heterocycles. The first-order valence-corrected chi connectivity index (χ1v) is 5.00.